The predicted molar refractivity (Wildman–Crippen MR) is 131 cm³/mol. The summed E-state index contributed by atoms with van der Waals surface area (Å²) >= 11 is 0. The third kappa shape index (κ3) is 6.03. The number of ether oxygens (including phenoxy) is 2. The summed E-state index contributed by atoms with van der Waals surface area (Å²) in [5.41, 5.74) is 7.67. The van der Waals surface area contributed by atoms with Crippen molar-refractivity contribution in [2.45, 2.75) is 41.2 Å². The third-order valence-electron chi connectivity index (χ3n) is 5.55. The Hall–Kier alpha value is -3.47. The molecule has 32 heavy (non-hydrogen) atoms. The number of nitrogens with one attached hydrogen (secondary N) is 2. The topological polar surface area (TPSA) is 59.6 Å². The van der Waals surface area contributed by atoms with Gasteiger partial charge in [0.15, 0.2) is 18.1 Å². The molecule has 0 aliphatic heterocycles. The van der Waals surface area contributed by atoms with Crippen LogP contribution in [0.3, 0.4) is 0 Å². The fourth-order valence-corrected chi connectivity index (χ4v) is 3.32. The maximum absolute atomic E-state index is 12.4. The number of hydrogen-bond acceptors (Lipinski definition) is 4. The molecule has 0 unspecified atom stereocenters. The molecule has 0 atom stereocenters. The smallest absolute Gasteiger partial charge is 0.262 e. The van der Waals surface area contributed by atoms with Crippen LogP contribution in [0.25, 0.3) is 0 Å². The van der Waals surface area contributed by atoms with Crippen LogP contribution in [0.1, 0.15) is 34.7 Å². The summed E-state index contributed by atoms with van der Waals surface area (Å²) in [5, 5.41) is 6.36. The summed E-state index contributed by atoms with van der Waals surface area (Å²) in [6.45, 7) is 11.2. The molecule has 0 fully saturated rings. The van der Waals surface area contributed by atoms with E-state index in [1.54, 1.807) is 0 Å². The zero-order valence-corrected chi connectivity index (χ0v) is 19.5. The number of aryl methyl sites for hydroxylation is 3. The Balaban J connectivity index is 1.62. The first kappa shape index (κ1) is 23.2. The van der Waals surface area contributed by atoms with Gasteiger partial charge in [0.05, 0.1) is 6.61 Å². The molecule has 0 aromatic heterocycles. The minimum atomic E-state index is -0.207. The normalized spacial score (nSPS) is 10.5. The van der Waals surface area contributed by atoms with Gasteiger partial charge in [0.2, 0.25) is 0 Å². The molecule has 0 aliphatic rings. The second-order valence-electron chi connectivity index (χ2n) is 7.95. The first-order chi connectivity index (χ1) is 15.4. The van der Waals surface area contributed by atoms with Gasteiger partial charge >= 0.3 is 0 Å². The summed E-state index contributed by atoms with van der Waals surface area (Å²) in [6, 6.07) is 18.0. The standard InChI is InChI=1S/C27H32N2O3/c1-6-31-26-15-22(16-28-23-12-10-18(2)20(4)14-23)11-13-25(26)32-17-27(30)29-24-9-7-8-19(3)21(24)5/h7-15,28H,6,16-17H2,1-5H3,(H,29,30). The first-order valence-corrected chi connectivity index (χ1v) is 10.9. The van der Waals surface area contributed by atoms with Crippen LogP contribution in [-0.2, 0) is 11.3 Å². The lowest BCUT2D eigenvalue weighted by Gasteiger charge is -2.15. The number of carbonyl (C=O) groups is 1. The molecule has 5 heteroatoms. The van der Waals surface area contributed by atoms with E-state index >= 15 is 0 Å². The number of amides is 1. The van der Waals surface area contributed by atoms with E-state index in [0.717, 1.165) is 28.1 Å². The molecule has 3 rings (SSSR count). The molecule has 0 aliphatic carbocycles. The molecule has 0 radical (unpaired) electrons. The quantitative estimate of drug-likeness (QED) is 0.439. The number of carbonyl (C=O) groups excluding carboxylic acids is 1. The molecule has 0 heterocycles. The van der Waals surface area contributed by atoms with Gasteiger partial charge in [-0.3, -0.25) is 4.79 Å². The molecule has 3 aromatic carbocycles. The highest BCUT2D eigenvalue weighted by Gasteiger charge is 2.11. The van der Waals surface area contributed by atoms with Crippen molar-refractivity contribution in [1.29, 1.82) is 0 Å². The van der Waals surface area contributed by atoms with Crippen LogP contribution in [0.15, 0.2) is 54.6 Å². The van der Waals surface area contributed by atoms with Crippen molar-refractivity contribution in [2.24, 2.45) is 0 Å². The molecule has 0 saturated carbocycles. The van der Waals surface area contributed by atoms with Crippen LogP contribution >= 0.6 is 0 Å². The maximum atomic E-state index is 12.4. The zero-order chi connectivity index (χ0) is 23.1. The lowest BCUT2D eigenvalue weighted by atomic mass is 10.1. The summed E-state index contributed by atoms with van der Waals surface area (Å²) in [6.07, 6.45) is 0. The van der Waals surface area contributed by atoms with E-state index in [4.69, 9.17) is 9.47 Å². The van der Waals surface area contributed by atoms with E-state index in [0.29, 0.717) is 24.7 Å². The monoisotopic (exact) mass is 432 g/mol. The van der Waals surface area contributed by atoms with E-state index in [1.807, 2.05) is 57.2 Å². The summed E-state index contributed by atoms with van der Waals surface area (Å²) in [4.78, 5) is 12.4. The Morgan fingerprint density at radius 3 is 2.41 bits per heavy atom. The molecule has 5 nitrogen and oxygen atoms in total. The third-order valence-corrected chi connectivity index (χ3v) is 5.55. The molecule has 3 aromatic rings. The number of benzene rings is 3. The van der Waals surface area contributed by atoms with Crippen LogP contribution in [0.5, 0.6) is 11.5 Å². The average molecular weight is 433 g/mol. The van der Waals surface area contributed by atoms with Gasteiger partial charge in [-0.1, -0.05) is 24.3 Å². The van der Waals surface area contributed by atoms with Crippen molar-refractivity contribution in [3.8, 4) is 11.5 Å². The molecule has 2 N–H and O–H groups in total. The van der Waals surface area contributed by atoms with Gasteiger partial charge in [0, 0.05) is 17.9 Å². The van der Waals surface area contributed by atoms with Gasteiger partial charge < -0.3 is 20.1 Å². The fraction of sp³-hybridized carbons (Fsp3) is 0.296. The van der Waals surface area contributed by atoms with Crippen molar-refractivity contribution in [2.75, 3.05) is 23.8 Å². The van der Waals surface area contributed by atoms with Crippen molar-refractivity contribution in [3.63, 3.8) is 0 Å². The van der Waals surface area contributed by atoms with Gasteiger partial charge in [-0.15, -0.1) is 0 Å². The number of anilines is 2. The van der Waals surface area contributed by atoms with E-state index in [2.05, 4.69) is 42.7 Å². The van der Waals surface area contributed by atoms with Crippen molar-refractivity contribution >= 4 is 17.3 Å². The summed E-state index contributed by atoms with van der Waals surface area (Å²) < 4.78 is 11.5. The van der Waals surface area contributed by atoms with E-state index in [-0.39, 0.29) is 12.5 Å². The van der Waals surface area contributed by atoms with Crippen LogP contribution in [0.4, 0.5) is 11.4 Å². The van der Waals surface area contributed by atoms with Gasteiger partial charge in [-0.05, 0) is 92.8 Å². The molecular weight excluding hydrogens is 400 g/mol. The van der Waals surface area contributed by atoms with Crippen molar-refractivity contribution in [3.05, 3.63) is 82.4 Å². The van der Waals surface area contributed by atoms with Gasteiger partial charge in [-0.2, -0.15) is 0 Å². The summed E-state index contributed by atoms with van der Waals surface area (Å²) in [5.74, 6) is 0.978. The molecule has 0 bridgehead atoms. The van der Waals surface area contributed by atoms with E-state index in [9.17, 15) is 4.79 Å². The van der Waals surface area contributed by atoms with Crippen molar-refractivity contribution < 1.29 is 14.3 Å². The lowest BCUT2D eigenvalue weighted by Crippen LogP contribution is -2.21. The van der Waals surface area contributed by atoms with Gasteiger partial charge in [0.25, 0.3) is 5.91 Å². The number of rotatable bonds is 9. The van der Waals surface area contributed by atoms with Crippen LogP contribution in [-0.4, -0.2) is 19.1 Å². The van der Waals surface area contributed by atoms with E-state index < -0.39 is 0 Å². The largest absolute Gasteiger partial charge is 0.490 e. The van der Waals surface area contributed by atoms with Crippen LogP contribution < -0.4 is 20.1 Å². The van der Waals surface area contributed by atoms with Crippen LogP contribution in [0.2, 0.25) is 0 Å². The molecule has 1 amide bonds. The Morgan fingerprint density at radius 1 is 0.844 bits per heavy atom. The zero-order valence-electron chi connectivity index (χ0n) is 19.5. The Bertz CT molecular complexity index is 1090. The van der Waals surface area contributed by atoms with Gasteiger partial charge in [-0.25, -0.2) is 0 Å². The molecule has 0 spiro atoms. The minimum absolute atomic E-state index is 0.0896. The fourth-order valence-electron chi connectivity index (χ4n) is 3.32. The lowest BCUT2D eigenvalue weighted by molar-refractivity contribution is -0.118. The number of hydrogen-bond donors (Lipinski definition) is 2. The minimum Gasteiger partial charge on any atom is -0.490 e. The second-order valence-corrected chi connectivity index (χ2v) is 7.95. The van der Waals surface area contributed by atoms with Crippen molar-refractivity contribution in [1.82, 2.24) is 0 Å². The Labute approximate surface area is 190 Å². The molecular formula is C27H32N2O3. The SMILES string of the molecule is CCOc1cc(CNc2ccc(C)c(C)c2)ccc1OCC(=O)Nc1cccc(C)c1C. The van der Waals surface area contributed by atoms with Gasteiger partial charge in [0.1, 0.15) is 0 Å². The van der Waals surface area contributed by atoms with Crippen LogP contribution in [0, 0.1) is 27.7 Å². The molecule has 0 saturated heterocycles. The predicted octanol–water partition coefficient (Wildman–Crippen LogP) is 5.95. The second kappa shape index (κ2) is 10.7. The Kier molecular flexibility index (Phi) is 7.77. The Morgan fingerprint density at radius 2 is 1.66 bits per heavy atom. The average Bonchev–Trinajstić information content (AvgIpc) is 2.77. The molecule has 168 valence electrons. The maximum Gasteiger partial charge on any atom is 0.262 e. The highest BCUT2D eigenvalue weighted by molar-refractivity contribution is 5.92. The summed E-state index contributed by atoms with van der Waals surface area (Å²) in [7, 11) is 0. The highest BCUT2D eigenvalue weighted by Crippen LogP contribution is 2.29. The van der Waals surface area contributed by atoms with E-state index in [1.165, 1.54) is 11.1 Å². The first-order valence-electron chi connectivity index (χ1n) is 10.9. The highest BCUT2D eigenvalue weighted by atomic mass is 16.5.